The fourth-order valence-electron chi connectivity index (χ4n) is 4.10. The van der Waals surface area contributed by atoms with Crippen LogP contribution in [0, 0.1) is 5.41 Å². The van der Waals surface area contributed by atoms with Gasteiger partial charge in [-0.25, -0.2) is 17.9 Å². The van der Waals surface area contributed by atoms with Gasteiger partial charge in [-0.1, -0.05) is 58.6 Å². The van der Waals surface area contributed by atoms with Crippen LogP contribution in [0.4, 0.5) is 0 Å². The van der Waals surface area contributed by atoms with E-state index in [9.17, 15) is 33.0 Å². The number of aliphatic hydroxyl groups is 1. The van der Waals surface area contributed by atoms with Gasteiger partial charge in [-0.15, -0.1) is 0 Å². The quantitative estimate of drug-likeness (QED) is 0.224. The second kappa shape index (κ2) is 14.8. The Morgan fingerprint density at radius 3 is 2.31 bits per heavy atom. The lowest BCUT2D eigenvalue weighted by Gasteiger charge is -2.35. The van der Waals surface area contributed by atoms with Gasteiger partial charge in [-0.2, -0.15) is 0 Å². The highest BCUT2D eigenvalue weighted by Gasteiger charge is 2.30. The summed E-state index contributed by atoms with van der Waals surface area (Å²) in [6, 6.07) is 6.06. The summed E-state index contributed by atoms with van der Waals surface area (Å²) in [6.45, 7) is 5.93. The number of carbonyl (C=O) groups excluding carboxylic acids is 2. The standard InChI is InChI=1S/C28H41N3O7S/c1-4-5-6-7-8-9-25(33)29-17-16-21-10-13-23(14-11-21)39(37,38)30-26(34)22-12-15-24(27(35)36)31(18-22)19-28(2,3)20-32/h10-15,32H,4-9,16-20H2,1-3H3,(H,29,33)(H,30,34)(H,35,36). The maximum atomic E-state index is 12.8. The van der Waals surface area contributed by atoms with Crippen LogP contribution in [0.25, 0.3) is 0 Å². The Morgan fingerprint density at radius 2 is 1.69 bits per heavy atom. The van der Waals surface area contributed by atoms with Gasteiger partial charge in [0.15, 0.2) is 0 Å². The molecule has 39 heavy (non-hydrogen) atoms. The fourth-order valence-corrected chi connectivity index (χ4v) is 5.08. The molecule has 11 heteroatoms. The summed E-state index contributed by atoms with van der Waals surface area (Å²) >= 11 is 0. The molecule has 1 aliphatic rings. The Hall–Kier alpha value is -3.18. The molecule has 1 aromatic carbocycles. The molecule has 0 radical (unpaired) electrons. The molecule has 0 spiro atoms. The van der Waals surface area contributed by atoms with Gasteiger partial charge in [0, 0.05) is 43.7 Å². The molecule has 0 aliphatic carbocycles. The minimum Gasteiger partial charge on any atom is -0.477 e. The molecule has 0 unspecified atom stereocenters. The number of rotatable bonds is 16. The molecule has 0 saturated carbocycles. The number of nitrogens with one attached hydrogen (secondary N) is 2. The lowest BCUT2D eigenvalue weighted by Crippen LogP contribution is -2.43. The van der Waals surface area contributed by atoms with Crippen molar-refractivity contribution < 1.29 is 33.0 Å². The fraction of sp³-hybridized carbons (Fsp3) is 0.536. The highest BCUT2D eigenvalue weighted by atomic mass is 32.2. The topological polar surface area (TPSA) is 153 Å². The van der Waals surface area contributed by atoms with Crippen molar-refractivity contribution >= 4 is 27.8 Å². The van der Waals surface area contributed by atoms with Crippen molar-refractivity contribution in [3.05, 3.63) is 53.3 Å². The molecular formula is C28H41N3O7S. The molecular weight excluding hydrogens is 522 g/mol. The lowest BCUT2D eigenvalue weighted by atomic mass is 9.93. The summed E-state index contributed by atoms with van der Waals surface area (Å²) in [6.07, 6.45) is 8.99. The number of carboxylic acid groups (broad SMARTS) is 1. The van der Waals surface area contributed by atoms with E-state index in [1.54, 1.807) is 26.0 Å². The first-order valence-corrected chi connectivity index (χ1v) is 14.8. The summed E-state index contributed by atoms with van der Waals surface area (Å²) < 4.78 is 27.7. The van der Waals surface area contributed by atoms with E-state index in [4.69, 9.17) is 0 Å². The molecule has 1 aromatic rings. The number of amides is 2. The van der Waals surface area contributed by atoms with Crippen LogP contribution < -0.4 is 10.0 Å². The van der Waals surface area contributed by atoms with E-state index in [1.165, 1.54) is 35.6 Å². The molecule has 0 saturated heterocycles. The predicted molar refractivity (Wildman–Crippen MR) is 148 cm³/mol. The number of carboxylic acids is 1. The first kappa shape index (κ1) is 32.0. The van der Waals surface area contributed by atoms with Crippen molar-refractivity contribution in [1.29, 1.82) is 0 Å². The Bertz CT molecular complexity index is 1170. The number of unbranched alkanes of at least 4 members (excludes halogenated alkanes) is 4. The van der Waals surface area contributed by atoms with Crippen molar-refractivity contribution in [3.8, 4) is 0 Å². The summed E-state index contributed by atoms with van der Waals surface area (Å²) in [7, 11) is -4.17. The summed E-state index contributed by atoms with van der Waals surface area (Å²) in [5.41, 5.74) is 0.231. The maximum absolute atomic E-state index is 12.8. The van der Waals surface area contributed by atoms with E-state index in [0.717, 1.165) is 31.2 Å². The third-order valence-electron chi connectivity index (χ3n) is 6.41. The monoisotopic (exact) mass is 563 g/mol. The van der Waals surface area contributed by atoms with Gasteiger partial charge >= 0.3 is 5.97 Å². The molecule has 0 atom stereocenters. The van der Waals surface area contributed by atoms with E-state index in [-0.39, 0.29) is 41.8 Å². The number of hydrogen-bond donors (Lipinski definition) is 4. The number of sulfonamides is 1. The molecule has 10 nitrogen and oxygen atoms in total. The second-order valence-corrected chi connectivity index (χ2v) is 12.3. The SMILES string of the molecule is CCCCCCCC(=O)NCCc1ccc(S(=O)(=O)NC(=O)C2=CC=C(C(=O)O)N(CC(C)(C)CO)C2)cc1. The van der Waals surface area contributed by atoms with Crippen molar-refractivity contribution in [2.75, 3.05) is 26.2 Å². The molecule has 1 heterocycles. The Balaban J connectivity index is 1.93. The number of benzene rings is 1. The summed E-state index contributed by atoms with van der Waals surface area (Å²) in [5, 5.41) is 21.9. The van der Waals surface area contributed by atoms with Gasteiger partial charge in [0.05, 0.1) is 4.90 Å². The molecule has 4 N–H and O–H groups in total. The first-order chi connectivity index (χ1) is 18.4. The van der Waals surface area contributed by atoms with Gasteiger partial charge in [-0.3, -0.25) is 9.59 Å². The summed E-state index contributed by atoms with van der Waals surface area (Å²) in [4.78, 5) is 37.7. The number of nitrogens with zero attached hydrogens (tertiary/aromatic N) is 1. The van der Waals surface area contributed by atoms with Crippen molar-refractivity contribution in [2.24, 2.45) is 5.41 Å². The van der Waals surface area contributed by atoms with Crippen LogP contribution in [0.5, 0.6) is 0 Å². The van der Waals surface area contributed by atoms with Gasteiger partial charge in [0.2, 0.25) is 5.91 Å². The predicted octanol–water partition coefficient (Wildman–Crippen LogP) is 2.74. The van der Waals surface area contributed by atoms with Crippen LogP contribution in [-0.2, 0) is 30.8 Å². The van der Waals surface area contributed by atoms with Crippen LogP contribution >= 0.6 is 0 Å². The molecule has 0 fully saturated rings. The Morgan fingerprint density at radius 1 is 1.03 bits per heavy atom. The number of carbonyl (C=O) groups is 3. The van der Waals surface area contributed by atoms with Crippen LogP contribution in [0.1, 0.15) is 64.9 Å². The van der Waals surface area contributed by atoms with Gasteiger partial charge in [0.25, 0.3) is 15.9 Å². The minimum atomic E-state index is -4.17. The Kier molecular flexibility index (Phi) is 12.2. The maximum Gasteiger partial charge on any atom is 0.352 e. The van der Waals surface area contributed by atoms with Crippen LogP contribution in [0.15, 0.2) is 52.6 Å². The van der Waals surface area contributed by atoms with Crippen LogP contribution in [-0.4, -0.2) is 67.6 Å². The van der Waals surface area contributed by atoms with E-state index in [1.807, 2.05) is 4.72 Å². The third kappa shape index (κ3) is 10.5. The smallest absolute Gasteiger partial charge is 0.352 e. The molecule has 0 aromatic heterocycles. The lowest BCUT2D eigenvalue weighted by molar-refractivity contribution is -0.135. The Labute approximate surface area is 231 Å². The number of aliphatic hydroxyl groups excluding tert-OH is 1. The molecule has 216 valence electrons. The number of hydrogen-bond acceptors (Lipinski definition) is 7. The number of aliphatic carboxylic acids is 1. The van der Waals surface area contributed by atoms with Crippen molar-refractivity contribution in [3.63, 3.8) is 0 Å². The zero-order chi connectivity index (χ0) is 29.1. The zero-order valence-corrected chi connectivity index (χ0v) is 23.8. The number of allylic oxidation sites excluding steroid dienone is 2. The van der Waals surface area contributed by atoms with Gasteiger partial charge in [0.1, 0.15) is 5.70 Å². The van der Waals surface area contributed by atoms with Crippen LogP contribution in [0.3, 0.4) is 0 Å². The highest BCUT2D eigenvalue weighted by molar-refractivity contribution is 7.90. The van der Waals surface area contributed by atoms with Crippen LogP contribution in [0.2, 0.25) is 0 Å². The summed E-state index contributed by atoms with van der Waals surface area (Å²) in [5.74, 6) is -2.03. The average Bonchev–Trinajstić information content (AvgIpc) is 2.88. The second-order valence-electron chi connectivity index (χ2n) is 10.6. The molecule has 2 rings (SSSR count). The average molecular weight is 564 g/mol. The van der Waals surface area contributed by atoms with Crippen molar-refractivity contribution in [2.45, 2.75) is 70.6 Å². The largest absolute Gasteiger partial charge is 0.477 e. The highest BCUT2D eigenvalue weighted by Crippen LogP contribution is 2.23. The van der Waals surface area contributed by atoms with Gasteiger partial charge < -0.3 is 20.4 Å². The van der Waals surface area contributed by atoms with E-state index < -0.39 is 27.3 Å². The minimum absolute atomic E-state index is 0.00855. The molecule has 0 bridgehead atoms. The molecule has 1 aliphatic heterocycles. The third-order valence-corrected chi connectivity index (χ3v) is 7.75. The normalized spacial score (nSPS) is 13.9. The van der Waals surface area contributed by atoms with E-state index in [0.29, 0.717) is 19.4 Å². The van der Waals surface area contributed by atoms with Gasteiger partial charge in [-0.05, 0) is 42.7 Å². The first-order valence-electron chi connectivity index (χ1n) is 13.3. The van der Waals surface area contributed by atoms with E-state index >= 15 is 0 Å². The van der Waals surface area contributed by atoms with E-state index in [2.05, 4.69) is 12.2 Å². The molecule has 2 amide bonds. The zero-order valence-electron chi connectivity index (χ0n) is 23.0. The van der Waals surface area contributed by atoms with Crippen molar-refractivity contribution in [1.82, 2.24) is 14.9 Å².